The predicted molar refractivity (Wildman–Crippen MR) is 150 cm³/mol. The van der Waals surface area contributed by atoms with Crippen molar-refractivity contribution in [2.24, 2.45) is 0 Å². The van der Waals surface area contributed by atoms with Crippen molar-refractivity contribution in [1.82, 2.24) is 15.2 Å². The average Bonchev–Trinajstić information content (AvgIpc) is 3.72. The minimum Gasteiger partial charge on any atom is -0.497 e. The number of nitro groups is 1. The van der Waals surface area contributed by atoms with Gasteiger partial charge in [0, 0.05) is 18.5 Å². The molecule has 42 heavy (non-hydrogen) atoms. The zero-order chi connectivity index (χ0) is 29.2. The van der Waals surface area contributed by atoms with Crippen LogP contribution in [-0.4, -0.2) is 45.6 Å². The van der Waals surface area contributed by atoms with Gasteiger partial charge < -0.3 is 14.2 Å². The molecule has 1 aromatic heterocycles. The molecule has 3 aromatic carbocycles. The largest absolute Gasteiger partial charge is 0.497 e. The van der Waals surface area contributed by atoms with E-state index in [9.17, 15) is 14.9 Å². The first kappa shape index (κ1) is 25.9. The van der Waals surface area contributed by atoms with E-state index in [2.05, 4.69) is 5.16 Å². The third kappa shape index (κ3) is 3.46. The summed E-state index contributed by atoms with van der Waals surface area (Å²) in [6, 6.07) is 23.6. The second kappa shape index (κ2) is 9.52. The zero-order valence-electron chi connectivity index (χ0n) is 23.0. The molecule has 3 unspecified atom stereocenters. The van der Waals surface area contributed by atoms with Gasteiger partial charge in [0.1, 0.15) is 5.75 Å². The molecule has 0 bridgehead atoms. The summed E-state index contributed by atoms with van der Waals surface area (Å²) in [5.74, 6) is -0.969. The van der Waals surface area contributed by atoms with Crippen molar-refractivity contribution in [2.45, 2.75) is 37.4 Å². The minimum atomic E-state index is -1.64. The van der Waals surface area contributed by atoms with E-state index >= 15 is 4.79 Å². The van der Waals surface area contributed by atoms with Crippen molar-refractivity contribution < 1.29 is 23.8 Å². The highest BCUT2D eigenvalue weighted by Crippen LogP contribution is 2.65. The van der Waals surface area contributed by atoms with Gasteiger partial charge in [-0.3, -0.25) is 24.7 Å². The normalized spacial score (nSPS) is 23.1. The van der Waals surface area contributed by atoms with Crippen LogP contribution >= 0.6 is 0 Å². The van der Waals surface area contributed by atoms with Crippen LogP contribution in [0.4, 0.5) is 11.4 Å². The number of hydrogen-bond donors (Lipinski definition) is 0. The molecule has 4 heterocycles. The van der Waals surface area contributed by atoms with Gasteiger partial charge in [0.2, 0.25) is 11.7 Å². The number of nitrogens with zero attached hydrogens (tertiary/aromatic N) is 5. The Hall–Kier alpha value is -5.03. The maximum atomic E-state index is 15.1. The number of para-hydroxylation sites is 1. The van der Waals surface area contributed by atoms with Gasteiger partial charge in [0.15, 0.2) is 11.2 Å². The van der Waals surface area contributed by atoms with Gasteiger partial charge >= 0.3 is 5.69 Å². The van der Waals surface area contributed by atoms with E-state index in [1.54, 1.807) is 29.2 Å². The summed E-state index contributed by atoms with van der Waals surface area (Å²) >= 11 is 0. The fourth-order valence-electron chi connectivity index (χ4n) is 6.95. The summed E-state index contributed by atoms with van der Waals surface area (Å²) in [6.07, 6.45) is 0.201. The van der Waals surface area contributed by atoms with Gasteiger partial charge in [-0.15, -0.1) is 0 Å². The Morgan fingerprint density at radius 1 is 1.05 bits per heavy atom. The molecule has 11 nitrogen and oxygen atoms in total. The second-order valence-corrected chi connectivity index (χ2v) is 10.7. The van der Waals surface area contributed by atoms with Gasteiger partial charge in [0.05, 0.1) is 36.2 Å². The first-order valence-electron chi connectivity index (χ1n) is 13.7. The third-order valence-corrected chi connectivity index (χ3v) is 8.61. The van der Waals surface area contributed by atoms with E-state index < -0.39 is 22.4 Å². The predicted octanol–water partition coefficient (Wildman–Crippen LogP) is 4.63. The Morgan fingerprint density at radius 2 is 1.76 bits per heavy atom. The maximum Gasteiger partial charge on any atom is 0.334 e. The van der Waals surface area contributed by atoms with Crippen molar-refractivity contribution in [3.63, 3.8) is 0 Å². The monoisotopic (exact) mass is 565 g/mol. The molecule has 0 saturated carbocycles. The Morgan fingerprint density at radius 3 is 2.48 bits per heavy atom. The van der Waals surface area contributed by atoms with Crippen LogP contribution in [-0.2, 0) is 21.7 Å². The highest BCUT2D eigenvalue weighted by Gasteiger charge is 2.73. The number of aromatic nitrogens is 1. The molecule has 2 fully saturated rings. The number of carbonyl (C=O) groups is 2. The van der Waals surface area contributed by atoms with Gasteiger partial charge in [-0.25, -0.2) is 5.01 Å². The van der Waals surface area contributed by atoms with Crippen LogP contribution in [0.2, 0.25) is 0 Å². The lowest BCUT2D eigenvalue weighted by Crippen LogP contribution is -2.54. The molecule has 2 saturated heterocycles. The van der Waals surface area contributed by atoms with Gasteiger partial charge in [-0.1, -0.05) is 65.8 Å². The standard InChI is InChI=1S/C31H27N5O6/c1-19-27(36(39)40)29(42-32-19)26-28(21-12-14-22(41-2)15-13-21)34-17-16-25(37)35(34)31(26)23-10-6-7-11-24(23)33(30(31)38)18-20-8-4-3-5-9-20/h3-15,26,28H,16-18H2,1-2H3. The molecule has 0 aliphatic carbocycles. The molecular weight excluding hydrogens is 538 g/mol. The minimum absolute atomic E-state index is 0.0368. The van der Waals surface area contributed by atoms with E-state index in [0.717, 1.165) is 11.1 Å². The summed E-state index contributed by atoms with van der Waals surface area (Å²) < 4.78 is 11.2. The average molecular weight is 566 g/mol. The lowest BCUT2D eigenvalue weighted by Gasteiger charge is -2.35. The molecule has 0 N–H and O–H groups in total. The van der Waals surface area contributed by atoms with Crippen LogP contribution in [0.3, 0.4) is 0 Å². The van der Waals surface area contributed by atoms with Crippen LogP contribution in [0, 0.1) is 17.0 Å². The second-order valence-electron chi connectivity index (χ2n) is 10.7. The van der Waals surface area contributed by atoms with Crippen LogP contribution in [0.1, 0.15) is 46.5 Å². The lowest BCUT2D eigenvalue weighted by molar-refractivity contribution is -0.386. The number of hydrazine groups is 1. The molecule has 1 spiro atoms. The Balaban J connectivity index is 1.52. The van der Waals surface area contributed by atoms with E-state index in [4.69, 9.17) is 9.26 Å². The molecule has 3 aliphatic heterocycles. The van der Waals surface area contributed by atoms with E-state index in [-0.39, 0.29) is 41.9 Å². The summed E-state index contributed by atoms with van der Waals surface area (Å²) in [5.41, 5.74) is 1.07. The van der Waals surface area contributed by atoms with Gasteiger partial charge in [0.25, 0.3) is 5.91 Å². The number of carbonyl (C=O) groups excluding carboxylic acids is 2. The number of aryl methyl sites for hydroxylation is 1. The highest BCUT2D eigenvalue weighted by atomic mass is 16.6. The number of amides is 2. The molecule has 3 aliphatic rings. The van der Waals surface area contributed by atoms with Crippen molar-refractivity contribution in [2.75, 3.05) is 18.6 Å². The molecule has 11 heteroatoms. The molecule has 4 aromatic rings. The quantitative estimate of drug-likeness (QED) is 0.245. The fraction of sp³-hybridized carbons (Fsp3) is 0.258. The highest BCUT2D eigenvalue weighted by molar-refractivity contribution is 6.10. The molecular formula is C31H27N5O6. The maximum absolute atomic E-state index is 15.1. The van der Waals surface area contributed by atoms with Crippen LogP contribution in [0.5, 0.6) is 5.75 Å². The van der Waals surface area contributed by atoms with Crippen molar-refractivity contribution in [1.29, 1.82) is 0 Å². The number of benzene rings is 3. The zero-order valence-corrected chi connectivity index (χ0v) is 23.0. The summed E-state index contributed by atoms with van der Waals surface area (Å²) in [7, 11) is 1.57. The van der Waals surface area contributed by atoms with Gasteiger partial charge in [-0.2, -0.15) is 0 Å². The summed E-state index contributed by atoms with van der Waals surface area (Å²) in [6.45, 7) is 2.11. The molecule has 0 radical (unpaired) electrons. The Labute approximate surface area is 241 Å². The first-order valence-corrected chi connectivity index (χ1v) is 13.7. The lowest BCUT2D eigenvalue weighted by atomic mass is 9.72. The number of rotatable bonds is 6. The summed E-state index contributed by atoms with van der Waals surface area (Å²) in [5, 5.41) is 19.8. The molecule has 3 atom stereocenters. The number of hydrogen-bond acceptors (Lipinski definition) is 8. The van der Waals surface area contributed by atoms with E-state index in [0.29, 0.717) is 23.5 Å². The van der Waals surface area contributed by atoms with Crippen molar-refractivity contribution >= 4 is 23.2 Å². The smallest absolute Gasteiger partial charge is 0.334 e. The van der Waals surface area contributed by atoms with Crippen molar-refractivity contribution in [3.8, 4) is 5.75 Å². The Kier molecular flexibility index (Phi) is 5.87. The van der Waals surface area contributed by atoms with Crippen LogP contribution < -0.4 is 9.64 Å². The third-order valence-electron chi connectivity index (χ3n) is 8.61. The molecule has 2 amide bonds. The topological polar surface area (TPSA) is 122 Å². The number of fused-ring (bicyclic) bond motifs is 4. The first-order chi connectivity index (χ1) is 20.4. The Bertz CT molecular complexity index is 1720. The number of ether oxygens (including phenoxy) is 1. The van der Waals surface area contributed by atoms with E-state index in [1.807, 2.05) is 71.7 Å². The van der Waals surface area contributed by atoms with Crippen LogP contribution in [0.15, 0.2) is 83.4 Å². The van der Waals surface area contributed by atoms with Gasteiger partial charge in [-0.05, 0) is 36.2 Å². The van der Waals surface area contributed by atoms with Crippen LogP contribution in [0.25, 0.3) is 0 Å². The van der Waals surface area contributed by atoms with Crippen molar-refractivity contribution in [3.05, 3.63) is 117 Å². The van der Waals surface area contributed by atoms with E-state index in [1.165, 1.54) is 6.92 Å². The molecule has 212 valence electrons. The number of anilines is 1. The molecule has 7 rings (SSSR count). The SMILES string of the molecule is COc1ccc(C2C(c3onc(C)c3[N+](=O)[O-])C3(C(=O)N(Cc4ccccc4)c4ccccc43)N3C(=O)CCN23)cc1. The fourth-order valence-corrected chi connectivity index (χ4v) is 6.95. The number of methoxy groups -OCH3 is 1. The summed E-state index contributed by atoms with van der Waals surface area (Å²) in [4.78, 5) is 42.5.